The third-order valence-corrected chi connectivity index (χ3v) is 5.30. The highest BCUT2D eigenvalue weighted by Gasteiger charge is 2.10. The molecule has 0 spiro atoms. The van der Waals surface area contributed by atoms with Crippen LogP contribution in [0.4, 0.5) is 5.69 Å². The summed E-state index contributed by atoms with van der Waals surface area (Å²) >= 11 is 9.42. The molecule has 0 aromatic heterocycles. The van der Waals surface area contributed by atoms with E-state index in [1.54, 1.807) is 54.6 Å². The van der Waals surface area contributed by atoms with Crippen molar-refractivity contribution >= 4 is 51.2 Å². The van der Waals surface area contributed by atoms with Crippen LogP contribution in [0, 0.1) is 11.3 Å². The molecule has 0 saturated heterocycles. The van der Waals surface area contributed by atoms with Gasteiger partial charge in [-0.25, -0.2) is 5.43 Å². The van der Waals surface area contributed by atoms with Crippen LogP contribution < -0.4 is 15.5 Å². The molecule has 33 heavy (non-hydrogen) atoms. The number of carbonyl (C=O) groups is 2. The van der Waals surface area contributed by atoms with Crippen LogP contribution >= 0.6 is 27.5 Å². The molecule has 0 aliphatic rings. The number of rotatable bonds is 8. The number of carbonyl (C=O) groups excluding carboxylic acids is 2. The number of nitrogens with zero attached hydrogens (tertiary/aromatic N) is 2. The highest BCUT2D eigenvalue weighted by molar-refractivity contribution is 9.10. The molecule has 0 saturated carbocycles. The van der Waals surface area contributed by atoms with Gasteiger partial charge in [-0.3, -0.25) is 9.59 Å². The molecule has 0 fully saturated rings. The first kappa shape index (κ1) is 24.0. The van der Waals surface area contributed by atoms with Gasteiger partial charge >= 0.3 is 0 Å². The van der Waals surface area contributed by atoms with Crippen LogP contribution in [0.5, 0.6) is 5.75 Å². The molecular formula is C24H18BrClN4O3. The standard InChI is InChI=1S/C24H18BrClN4O3/c25-19-11-16(9-10-22(19)33-15-18-6-2-1-5-17(18)13-27)14-28-30-24(32)12-23(31)29-21-8-4-3-7-20(21)26/h1-11,14H,12,15H2,(H,29,31)(H,30,32). The third kappa shape index (κ3) is 7.17. The highest BCUT2D eigenvalue weighted by atomic mass is 79.9. The second-order valence-corrected chi connectivity index (χ2v) is 8.01. The maximum absolute atomic E-state index is 12.0. The molecule has 0 radical (unpaired) electrons. The molecule has 166 valence electrons. The minimum absolute atomic E-state index is 0.252. The van der Waals surface area contributed by atoms with Crippen molar-refractivity contribution in [3.63, 3.8) is 0 Å². The van der Waals surface area contributed by atoms with Crippen molar-refractivity contribution < 1.29 is 14.3 Å². The van der Waals surface area contributed by atoms with Crippen molar-refractivity contribution in [1.82, 2.24) is 5.43 Å². The Bertz CT molecular complexity index is 1240. The van der Waals surface area contributed by atoms with Gasteiger partial charge in [0.15, 0.2) is 0 Å². The van der Waals surface area contributed by atoms with E-state index in [0.717, 1.165) is 5.56 Å². The summed E-state index contributed by atoms with van der Waals surface area (Å²) in [6.07, 6.45) is 1.05. The van der Waals surface area contributed by atoms with Gasteiger partial charge < -0.3 is 10.1 Å². The molecular weight excluding hydrogens is 508 g/mol. The molecule has 0 atom stereocenters. The van der Waals surface area contributed by atoms with Crippen LogP contribution in [0.2, 0.25) is 5.02 Å². The maximum Gasteiger partial charge on any atom is 0.249 e. The number of benzene rings is 3. The quantitative estimate of drug-likeness (QED) is 0.244. The van der Waals surface area contributed by atoms with Gasteiger partial charge in [0, 0.05) is 5.56 Å². The minimum atomic E-state index is -0.564. The van der Waals surface area contributed by atoms with Gasteiger partial charge in [0.05, 0.1) is 33.0 Å². The monoisotopic (exact) mass is 524 g/mol. The zero-order chi connectivity index (χ0) is 23.6. The SMILES string of the molecule is N#Cc1ccccc1COc1ccc(C=NNC(=O)CC(=O)Nc2ccccc2Cl)cc1Br. The first-order chi connectivity index (χ1) is 16.0. The van der Waals surface area contributed by atoms with Gasteiger partial charge in [0.25, 0.3) is 0 Å². The lowest BCUT2D eigenvalue weighted by molar-refractivity contribution is -0.126. The fraction of sp³-hybridized carbons (Fsp3) is 0.0833. The molecule has 3 aromatic carbocycles. The summed E-state index contributed by atoms with van der Waals surface area (Å²) in [5.41, 5.74) is 4.80. The first-order valence-corrected chi connectivity index (χ1v) is 10.9. The van der Waals surface area contributed by atoms with E-state index in [0.29, 0.717) is 32.1 Å². The van der Waals surface area contributed by atoms with E-state index in [2.05, 4.69) is 37.8 Å². The predicted octanol–water partition coefficient (Wildman–Crippen LogP) is 5.03. The number of hydrazone groups is 1. The number of halogens is 2. The molecule has 9 heteroatoms. The summed E-state index contributed by atoms with van der Waals surface area (Å²) in [7, 11) is 0. The molecule has 3 aromatic rings. The fourth-order valence-electron chi connectivity index (χ4n) is 2.75. The number of nitriles is 1. The second-order valence-electron chi connectivity index (χ2n) is 6.75. The molecule has 3 rings (SSSR count). The lowest BCUT2D eigenvalue weighted by Crippen LogP contribution is -2.24. The van der Waals surface area contributed by atoms with Gasteiger partial charge in [-0.2, -0.15) is 10.4 Å². The minimum Gasteiger partial charge on any atom is -0.488 e. The summed E-state index contributed by atoms with van der Waals surface area (Å²) < 4.78 is 6.48. The van der Waals surface area contributed by atoms with Crippen molar-refractivity contribution in [3.05, 3.63) is 92.9 Å². The largest absolute Gasteiger partial charge is 0.488 e. The van der Waals surface area contributed by atoms with E-state index in [9.17, 15) is 9.59 Å². The van der Waals surface area contributed by atoms with Crippen LogP contribution in [0.3, 0.4) is 0 Å². The predicted molar refractivity (Wildman–Crippen MR) is 130 cm³/mol. The normalized spacial score (nSPS) is 10.5. The molecule has 2 N–H and O–H groups in total. The second kappa shape index (κ2) is 11.8. The molecule has 0 aliphatic carbocycles. The first-order valence-electron chi connectivity index (χ1n) is 9.73. The molecule has 0 aliphatic heterocycles. The average molecular weight is 526 g/mol. The fourth-order valence-corrected chi connectivity index (χ4v) is 3.44. The van der Waals surface area contributed by atoms with Crippen molar-refractivity contribution in [3.8, 4) is 11.8 Å². The molecule has 7 nitrogen and oxygen atoms in total. The smallest absolute Gasteiger partial charge is 0.249 e. The van der Waals surface area contributed by atoms with Gasteiger partial charge in [0.2, 0.25) is 11.8 Å². The van der Waals surface area contributed by atoms with E-state index in [1.807, 2.05) is 12.1 Å². The van der Waals surface area contributed by atoms with E-state index >= 15 is 0 Å². The summed E-state index contributed by atoms with van der Waals surface area (Å²) in [6, 6.07) is 21.4. The maximum atomic E-state index is 12.0. The van der Waals surface area contributed by atoms with E-state index in [1.165, 1.54) is 6.21 Å². The Hall–Kier alpha value is -3.67. The number of ether oxygens (including phenoxy) is 1. The Morgan fingerprint density at radius 1 is 1.09 bits per heavy atom. The van der Waals surface area contributed by atoms with E-state index in [-0.39, 0.29) is 6.61 Å². The van der Waals surface area contributed by atoms with Crippen LogP contribution in [-0.4, -0.2) is 18.0 Å². The third-order valence-electron chi connectivity index (χ3n) is 4.35. The molecule has 2 amide bonds. The highest BCUT2D eigenvalue weighted by Crippen LogP contribution is 2.27. The summed E-state index contributed by atoms with van der Waals surface area (Å²) in [5, 5.41) is 16.0. The van der Waals surface area contributed by atoms with E-state index in [4.69, 9.17) is 21.6 Å². The number of anilines is 1. The molecule has 0 heterocycles. The zero-order valence-corrected chi connectivity index (χ0v) is 19.6. The van der Waals surface area contributed by atoms with Crippen LogP contribution in [0.1, 0.15) is 23.1 Å². The van der Waals surface area contributed by atoms with Gasteiger partial charge in [0.1, 0.15) is 18.8 Å². The summed E-state index contributed by atoms with van der Waals surface area (Å²) in [4.78, 5) is 23.9. The number of para-hydroxylation sites is 1. The van der Waals surface area contributed by atoms with Crippen molar-refractivity contribution in [2.24, 2.45) is 5.10 Å². The zero-order valence-electron chi connectivity index (χ0n) is 17.2. The van der Waals surface area contributed by atoms with Crippen molar-refractivity contribution in [2.45, 2.75) is 13.0 Å². The number of hydrogen-bond acceptors (Lipinski definition) is 5. The number of nitrogens with one attached hydrogen (secondary N) is 2. The van der Waals surface area contributed by atoms with Crippen LogP contribution in [0.25, 0.3) is 0 Å². The Morgan fingerprint density at radius 2 is 1.85 bits per heavy atom. The van der Waals surface area contributed by atoms with E-state index < -0.39 is 18.2 Å². The Kier molecular flexibility index (Phi) is 8.58. The lowest BCUT2D eigenvalue weighted by Gasteiger charge is -2.10. The Labute approximate surface area is 204 Å². The lowest BCUT2D eigenvalue weighted by atomic mass is 10.1. The topological polar surface area (TPSA) is 104 Å². The molecule has 0 bridgehead atoms. The Balaban J connectivity index is 1.50. The van der Waals surface area contributed by atoms with Gasteiger partial charge in [-0.15, -0.1) is 0 Å². The number of hydrogen-bond donors (Lipinski definition) is 2. The summed E-state index contributed by atoms with van der Waals surface area (Å²) in [5.74, 6) is -0.468. The van der Waals surface area contributed by atoms with Gasteiger partial charge in [-0.1, -0.05) is 41.9 Å². The molecule has 0 unspecified atom stereocenters. The van der Waals surface area contributed by atoms with Crippen molar-refractivity contribution in [1.29, 1.82) is 5.26 Å². The van der Waals surface area contributed by atoms with Gasteiger partial charge in [-0.05, 0) is 57.9 Å². The Morgan fingerprint density at radius 3 is 2.61 bits per heavy atom. The van der Waals surface area contributed by atoms with Crippen LogP contribution in [0.15, 0.2) is 76.3 Å². The van der Waals surface area contributed by atoms with Crippen LogP contribution in [-0.2, 0) is 16.2 Å². The van der Waals surface area contributed by atoms with Crippen molar-refractivity contribution in [2.75, 3.05) is 5.32 Å². The average Bonchev–Trinajstić information content (AvgIpc) is 2.80. The number of amides is 2. The summed E-state index contributed by atoms with van der Waals surface area (Å²) in [6.45, 7) is 0.252.